The molecule has 0 aliphatic carbocycles. The molecule has 280 valence electrons. The molecule has 23 heteroatoms. The van der Waals surface area contributed by atoms with Crippen LogP contribution in [0, 0.1) is 10.1 Å². The van der Waals surface area contributed by atoms with Gasteiger partial charge < -0.3 is 24.8 Å². The Morgan fingerprint density at radius 2 is 1.36 bits per heavy atom. The monoisotopic (exact) mass is 749 g/mol. The summed E-state index contributed by atoms with van der Waals surface area (Å²) in [5, 5.41) is 21.7. The molecular formula is C27H24F13N3O7. The molecule has 0 spiro atoms. The molecule has 2 aromatic rings. The summed E-state index contributed by atoms with van der Waals surface area (Å²) in [6, 6.07) is 6.13. The second-order valence-electron chi connectivity index (χ2n) is 10.1. The van der Waals surface area contributed by atoms with E-state index in [1.165, 1.54) is 31.2 Å². The van der Waals surface area contributed by atoms with Gasteiger partial charge in [-0.25, -0.2) is 9.59 Å². The van der Waals surface area contributed by atoms with Crippen molar-refractivity contribution in [2.45, 2.75) is 55.2 Å². The Morgan fingerprint density at radius 3 is 1.82 bits per heavy atom. The molecule has 0 bridgehead atoms. The zero-order valence-electron chi connectivity index (χ0n) is 24.9. The number of rotatable bonds is 17. The molecular weight excluding hydrogens is 725 g/mol. The van der Waals surface area contributed by atoms with E-state index in [9.17, 15) is 81.9 Å². The van der Waals surface area contributed by atoms with E-state index in [0.717, 1.165) is 24.3 Å². The first-order valence-electron chi connectivity index (χ1n) is 13.6. The summed E-state index contributed by atoms with van der Waals surface area (Å²) in [4.78, 5) is 33.4. The number of halogens is 13. The van der Waals surface area contributed by atoms with E-state index in [2.05, 4.69) is 0 Å². The second kappa shape index (κ2) is 15.1. The van der Waals surface area contributed by atoms with Crippen LogP contribution in [0.3, 0.4) is 0 Å². The fourth-order valence-electron chi connectivity index (χ4n) is 3.89. The molecule has 0 heterocycles. The lowest BCUT2D eigenvalue weighted by Gasteiger charge is -2.40. The number of carbonyl (C=O) groups is 2. The molecule has 0 radical (unpaired) electrons. The van der Waals surface area contributed by atoms with Crippen LogP contribution in [-0.2, 0) is 16.0 Å². The number of nitrogens with zero attached hydrogens (tertiary/aromatic N) is 2. The van der Waals surface area contributed by atoms with Crippen LogP contribution in [0.15, 0.2) is 48.5 Å². The van der Waals surface area contributed by atoms with E-state index < -0.39 is 94.8 Å². The third-order valence-electron chi connectivity index (χ3n) is 6.62. The Bertz CT molecular complexity index is 1490. The number of benzene rings is 2. The first-order valence-corrected chi connectivity index (χ1v) is 13.6. The van der Waals surface area contributed by atoms with Gasteiger partial charge in [-0.3, -0.25) is 10.1 Å². The summed E-state index contributed by atoms with van der Waals surface area (Å²) >= 11 is 0. The number of nitro groups is 1. The number of non-ortho nitro benzene ring substituents is 1. The number of urea groups is 1. The molecule has 1 atom stereocenters. The number of carbonyl (C=O) groups excluding carboxylic acids is 1. The largest absolute Gasteiger partial charge is 0.492 e. The van der Waals surface area contributed by atoms with Gasteiger partial charge in [-0.1, -0.05) is 12.1 Å². The van der Waals surface area contributed by atoms with E-state index in [1.54, 1.807) is 5.32 Å². The zero-order valence-corrected chi connectivity index (χ0v) is 24.9. The number of aliphatic carboxylic acids is 1. The summed E-state index contributed by atoms with van der Waals surface area (Å²) in [6.07, 6.45) is -8.98. The van der Waals surface area contributed by atoms with Crippen LogP contribution in [0.1, 0.15) is 12.5 Å². The molecule has 1 unspecified atom stereocenters. The van der Waals surface area contributed by atoms with Gasteiger partial charge >= 0.3 is 47.8 Å². The van der Waals surface area contributed by atoms with Crippen LogP contribution < -0.4 is 10.1 Å². The van der Waals surface area contributed by atoms with Gasteiger partial charge in [-0.05, 0) is 36.8 Å². The Labute approximate surface area is 271 Å². The first kappa shape index (κ1) is 41.6. The van der Waals surface area contributed by atoms with Crippen LogP contribution in [0.4, 0.5) is 73.2 Å². The summed E-state index contributed by atoms with van der Waals surface area (Å²) < 4.78 is 188. The SMILES string of the molecule is CCOC(Cc1ccc(OCCN(CC(F)(F)C(F)(F)C(F)(F)C(F)(F)C(F)(F)C(F)(F)F)C(=O)Nc2ccc([N+](=O)[O-])cc2)cc1)C(=O)O. The summed E-state index contributed by atoms with van der Waals surface area (Å²) in [6.45, 7) is -3.68. The van der Waals surface area contributed by atoms with Crippen molar-refractivity contribution in [3.8, 4) is 5.75 Å². The maximum Gasteiger partial charge on any atom is 0.460 e. The lowest BCUT2D eigenvalue weighted by atomic mass is 9.93. The predicted molar refractivity (Wildman–Crippen MR) is 143 cm³/mol. The third kappa shape index (κ3) is 8.77. The molecule has 0 aliphatic heterocycles. The van der Waals surface area contributed by atoms with Crippen LogP contribution in [0.25, 0.3) is 0 Å². The quantitative estimate of drug-likeness (QED) is 0.0988. The van der Waals surface area contributed by atoms with Crippen molar-refractivity contribution in [1.82, 2.24) is 4.90 Å². The van der Waals surface area contributed by atoms with E-state index >= 15 is 0 Å². The van der Waals surface area contributed by atoms with Gasteiger partial charge in [0.1, 0.15) is 12.4 Å². The Hall–Kier alpha value is -4.57. The highest BCUT2D eigenvalue weighted by Gasteiger charge is 2.90. The van der Waals surface area contributed by atoms with Gasteiger partial charge in [0.2, 0.25) is 0 Å². The van der Waals surface area contributed by atoms with Gasteiger partial charge in [0.05, 0.1) is 18.0 Å². The van der Waals surface area contributed by atoms with Crippen molar-refractivity contribution in [2.24, 2.45) is 0 Å². The van der Waals surface area contributed by atoms with Gasteiger partial charge in [0.25, 0.3) is 5.69 Å². The molecule has 50 heavy (non-hydrogen) atoms. The van der Waals surface area contributed by atoms with Crippen molar-refractivity contribution < 1.29 is 86.2 Å². The molecule has 0 fully saturated rings. The molecule has 0 aromatic heterocycles. The van der Waals surface area contributed by atoms with Gasteiger partial charge in [-0.15, -0.1) is 0 Å². The van der Waals surface area contributed by atoms with Crippen molar-refractivity contribution in [3.05, 3.63) is 64.2 Å². The number of hydrogen-bond acceptors (Lipinski definition) is 6. The summed E-state index contributed by atoms with van der Waals surface area (Å²) in [7, 11) is 0. The van der Waals surface area contributed by atoms with Crippen molar-refractivity contribution in [3.63, 3.8) is 0 Å². The van der Waals surface area contributed by atoms with Crippen molar-refractivity contribution in [1.29, 1.82) is 0 Å². The number of carboxylic acid groups (broad SMARTS) is 1. The highest BCUT2D eigenvalue weighted by Crippen LogP contribution is 2.60. The number of hydrogen-bond donors (Lipinski definition) is 2. The average Bonchev–Trinajstić information content (AvgIpc) is 3.00. The third-order valence-corrected chi connectivity index (χ3v) is 6.62. The van der Waals surface area contributed by atoms with Crippen LogP contribution in [0.2, 0.25) is 0 Å². The molecule has 10 nitrogen and oxygen atoms in total. The van der Waals surface area contributed by atoms with Crippen LogP contribution in [0.5, 0.6) is 5.75 Å². The minimum Gasteiger partial charge on any atom is -0.492 e. The molecule has 2 rings (SSSR count). The minimum absolute atomic E-state index is 0.0531. The smallest absolute Gasteiger partial charge is 0.460 e. The van der Waals surface area contributed by atoms with Gasteiger partial charge in [0, 0.05) is 30.8 Å². The fraction of sp³-hybridized carbons (Fsp3) is 0.481. The van der Waals surface area contributed by atoms with Gasteiger partial charge in [-0.2, -0.15) is 57.1 Å². The average molecular weight is 749 g/mol. The van der Waals surface area contributed by atoms with E-state index in [4.69, 9.17) is 9.47 Å². The standard InChI is InChI=1S/C27H24F13N3O7/c1-2-49-19(20(44)45)13-15-3-9-18(10-4-15)50-12-11-42(21(46)41-16-5-7-17(8-6-16)43(47)48)14-22(28,29)23(30,31)24(32,33)25(34,35)26(36,37)27(38,39)40/h3-10,19H,2,11-14H2,1H3,(H,41,46)(H,44,45). The van der Waals surface area contributed by atoms with E-state index in [1.807, 2.05) is 0 Å². The highest BCUT2D eigenvalue weighted by molar-refractivity contribution is 5.89. The molecule has 0 saturated carbocycles. The molecule has 2 amide bonds. The Kier molecular flexibility index (Phi) is 12.6. The molecule has 0 saturated heterocycles. The molecule has 0 aliphatic rings. The number of anilines is 1. The lowest BCUT2D eigenvalue weighted by Crippen LogP contribution is -2.71. The normalized spacial score (nSPS) is 13.8. The number of carboxylic acids is 1. The first-order chi connectivity index (χ1) is 22.7. The topological polar surface area (TPSA) is 131 Å². The van der Waals surface area contributed by atoms with Crippen LogP contribution in [-0.4, -0.2) is 95.1 Å². The highest BCUT2D eigenvalue weighted by atomic mass is 19.4. The Morgan fingerprint density at radius 1 is 0.840 bits per heavy atom. The summed E-state index contributed by atoms with van der Waals surface area (Å²) in [5.74, 6) is -39.9. The van der Waals surface area contributed by atoms with Crippen molar-refractivity contribution >= 4 is 23.4 Å². The second-order valence-corrected chi connectivity index (χ2v) is 10.1. The minimum atomic E-state index is -8.14. The Balaban J connectivity index is 2.37. The number of alkyl halides is 13. The van der Waals surface area contributed by atoms with Gasteiger partial charge in [0.15, 0.2) is 6.10 Å². The molecule has 2 N–H and O–H groups in total. The van der Waals surface area contributed by atoms with E-state index in [0.29, 0.717) is 5.56 Å². The molecule has 2 aromatic carbocycles. The summed E-state index contributed by atoms with van der Waals surface area (Å²) in [5.41, 5.74) is -0.663. The fourth-order valence-corrected chi connectivity index (χ4v) is 3.89. The van der Waals surface area contributed by atoms with E-state index in [-0.39, 0.29) is 18.8 Å². The number of nitrogens with one attached hydrogen (secondary N) is 1. The number of ether oxygens (including phenoxy) is 2. The van der Waals surface area contributed by atoms with Crippen LogP contribution >= 0.6 is 0 Å². The maximum absolute atomic E-state index is 14.7. The van der Waals surface area contributed by atoms with Crippen molar-refractivity contribution in [2.75, 3.05) is 31.6 Å². The number of amides is 2. The lowest BCUT2D eigenvalue weighted by molar-refractivity contribution is -0.439. The number of nitro benzene ring substituents is 1. The predicted octanol–water partition coefficient (Wildman–Crippen LogP) is 7.28. The zero-order chi connectivity index (χ0) is 38.5. The maximum atomic E-state index is 14.7.